The van der Waals surface area contributed by atoms with E-state index in [1.165, 1.54) is 12.1 Å². The monoisotopic (exact) mass is 188 g/mol. The molecule has 1 rings (SSSR count). The van der Waals surface area contributed by atoms with Crippen molar-refractivity contribution in [1.29, 1.82) is 0 Å². The molecule has 1 aromatic carbocycles. The van der Waals surface area contributed by atoms with Crippen LogP contribution in [0.2, 0.25) is 0 Å². The largest absolute Gasteiger partial charge is 0.388 e. The maximum absolute atomic E-state index is 12.4. The van der Waals surface area contributed by atoms with Gasteiger partial charge in [0.15, 0.2) is 0 Å². The lowest BCUT2D eigenvalue weighted by Crippen LogP contribution is -1.97. The first-order chi connectivity index (χ1) is 5.74. The summed E-state index contributed by atoms with van der Waals surface area (Å²) in [7, 11) is 0. The molecule has 0 saturated heterocycles. The summed E-state index contributed by atoms with van der Waals surface area (Å²) in [5.74, 6) is 0.107. The fraction of sp³-hybridized carbons (Fsp3) is 0.333. The van der Waals surface area contributed by atoms with E-state index >= 15 is 0 Å². The van der Waals surface area contributed by atoms with Gasteiger partial charge in [-0.15, -0.1) is 11.6 Å². The fourth-order valence-corrected chi connectivity index (χ4v) is 1.16. The van der Waals surface area contributed by atoms with Gasteiger partial charge in [0.1, 0.15) is 5.82 Å². The van der Waals surface area contributed by atoms with Gasteiger partial charge in [-0.3, -0.25) is 0 Å². The maximum Gasteiger partial charge on any atom is 0.123 e. The van der Waals surface area contributed by atoms with Crippen LogP contribution in [0.4, 0.5) is 4.39 Å². The Kier molecular flexibility index (Phi) is 3.50. The smallest absolute Gasteiger partial charge is 0.123 e. The van der Waals surface area contributed by atoms with Crippen LogP contribution in [0.5, 0.6) is 0 Å². The summed E-state index contributed by atoms with van der Waals surface area (Å²) >= 11 is 5.44. The standard InChI is InChI=1S/C9H10ClFO/c10-6-5-9(12)7-1-3-8(11)4-2-7/h1-4,9,12H,5-6H2. The first-order valence-corrected chi connectivity index (χ1v) is 4.27. The predicted octanol–water partition coefficient (Wildman–Crippen LogP) is 2.49. The molecule has 0 aliphatic rings. The van der Waals surface area contributed by atoms with E-state index in [2.05, 4.69) is 0 Å². The number of halogens is 2. The molecular weight excluding hydrogens is 179 g/mol. The first kappa shape index (κ1) is 9.49. The second kappa shape index (κ2) is 4.43. The number of alkyl halides is 1. The Balaban J connectivity index is 2.68. The summed E-state index contributed by atoms with van der Waals surface area (Å²) in [4.78, 5) is 0. The van der Waals surface area contributed by atoms with E-state index in [-0.39, 0.29) is 5.82 Å². The molecule has 0 spiro atoms. The van der Waals surface area contributed by atoms with Crippen molar-refractivity contribution in [2.24, 2.45) is 0 Å². The zero-order chi connectivity index (χ0) is 8.97. The third-order valence-electron chi connectivity index (χ3n) is 1.64. The lowest BCUT2D eigenvalue weighted by Gasteiger charge is -2.07. The second-order valence-electron chi connectivity index (χ2n) is 2.55. The molecule has 1 unspecified atom stereocenters. The molecule has 1 atom stereocenters. The van der Waals surface area contributed by atoms with Gasteiger partial charge in [0.25, 0.3) is 0 Å². The van der Waals surface area contributed by atoms with Crippen molar-refractivity contribution in [3.8, 4) is 0 Å². The number of rotatable bonds is 3. The van der Waals surface area contributed by atoms with Gasteiger partial charge in [-0.25, -0.2) is 4.39 Å². The van der Waals surface area contributed by atoms with E-state index in [4.69, 9.17) is 11.6 Å². The Morgan fingerprint density at radius 2 is 1.92 bits per heavy atom. The zero-order valence-electron chi connectivity index (χ0n) is 6.50. The molecule has 66 valence electrons. The average molecular weight is 189 g/mol. The SMILES string of the molecule is OC(CCCl)c1ccc(F)cc1. The van der Waals surface area contributed by atoms with E-state index in [0.29, 0.717) is 17.9 Å². The van der Waals surface area contributed by atoms with Crippen molar-refractivity contribution in [2.75, 3.05) is 5.88 Å². The molecule has 0 aromatic heterocycles. The van der Waals surface area contributed by atoms with Crippen LogP contribution in [-0.4, -0.2) is 11.0 Å². The van der Waals surface area contributed by atoms with E-state index in [1.54, 1.807) is 12.1 Å². The molecule has 0 heterocycles. The third kappa shape index (κ3) is 2.47. The van der Waals surface area contributed by atoms with Crippen LogP contribution in [0.1, 0.15) is 18.1 Å². The molecule has 1 nitrogen and oxygen atoms in total. The van der Waals surface area contributed by atoms with Gasteiger partial charge >= 0.3 is 0 Å². The van der Waals surface area contributed by atoms with E-state index in [1.807, 2.05) is 0 Å². The summed E-state index contributed by atoms with van der Waals surface area (Å²) in [5, 5.41) is 9.40. The van der Waals surface area contributed by atoms with Crippen molar-refractivity contribution in [1.82, 2.24) is 0 Å². The summed E-state index contributed by atoms with van der Waals surface area (Å²) in [6, 6.07) is 5.78. The Bertz CT molecular complexity index is 235. The second-order valence-corrected chi connectivity index (χ2v) is 2.92. The molecule has 0 amide bonds. The van der Waals surface area contributed by atoms with Gasteiger partial charge in [0, 0.05) is 5.88 Å². The zero-order valence-corrected chi connectivity index (χ0v) is 7.26. The number of hydrogen-bond acceptors (Lipinski definition) is 1. The molecule has 0 aliphatic carbocycles. The topological polar surface area (TPSA) is 20.2 Å². The van der Waals surface area contributed by atoms with Gasteiger partial charge in [0.2, 0.25) is 0 Å². The molecule has 1 aromatic rings. The Morgan fingerprint density at radius 1 is 1.33 bits per heavy atom. The normalized spacial score (nSPS) is 12.9. The highest BCUT2D eigenvalue weighted by Crippen LogP contribution is 2.16. The number of hydrogen-bond donors (Lipinski definition) is 1. The average Bonchev–Trinajstić information content (AvgIpc) is 2.06. The highest BCUT2D eigenvalue weighted by Gasteiger charge is 2.05. The minimum absolute atomic E-state index is 0.295. The number of aliphatic hydroxyl groups excluding tert-OH is 1. The summed E-state index contributed by atoms with van der Waals surface area (Å²) in [5.41, 5.74) is 0.706. The summed E-state index contributed by atoms with van der Waals surface area (Å²) < 4.78 is 12.4. The van der Waals surface area contributed by atoms with Crippen LogP contribution in [0, 0.1) is 5.82 Å². The van der Waals surface area contributed by atoms with Crippen molar-refractivity contribution in [3.05, 3.63) is 35.6 Å². The van der Waals surface area contributed by atoms with E-state index in [0.717, 1.165) is 0 Å². The van der Waals surface area contributed by atoms with Gasteiger partial charge in [-0.05, 0) is 24.1 Å². The number of benzene rings is 1. The van der Waals surface area contributed by atoms with E-state index < -0.39 is 6.10 Å². The van der Waals surface area contributed by atoms with Crippen LogP contribution in [0.15, 0.2) is 24.3 Å². The maximum atomic E-state index is 12.4. The van der Waals surface area contributed by atoms with Crippen LogP contribution in [0.25, 0.3) is 0 Å². The lowest BCUT2D eigenvalue weighted by molar-refractivity contribution is 0.174. The molecule has 3 heteroatoms. The predicted molar refractivity (Wildman–Crippen MR) is 46.7 cm³/mol. The van der Waals surface area contributed by atoms with Gasteiger partial charge in [-0.1, -0.05) is 12.1 Å². The van der Waals surface area contributed by atoms with Crippen LogP contribution in [0.3, 0.4) is 0 Å². The van der Waals surface area contributed by atoms with Crippen molar-refractivity contribution < 1.29 is 9.50 Å². The highest BCUT2D eigenvalue weighted by molar-refractivity contribution is 6.17. The minimum atomic E-state index is -0.580. The summed E-state index contributed by atoms with van der Waals surface area (Å²) in [6.07, 6.45) is -0.0872. The Morgan fingerprint density at radius 3 is 2.42 bits per heavy atom. The van der Waals surface area contributed by atoms with Crippen molar-refractivity contribution in [2.45, 2.75) is 12.5 Å². The van der Waals surface area contributed by atoms with Gasteiger partial charge in [0.05, 0.1) is 6.10 Å². The van der Waals surface area contributed by atoms with Crippen LogP contribution in [-0.2, 0) is 0 Å². The van der Waals surface area contributed by atoms with E-state index in [9.17, 15) is 9.50 Å². The van der Waals surface area contributed by atoms with Gasteiger partial charge < -0.3 is 5.11 Å². The van der Waals surface area contributed by atoms with Crippen molar-refractivity contribution >= 4 is 11.6 Å². The lowest BCUT2D eigenvalue weighted by atomic mass is 10.1. The molecule has 12 heavy (non-hydrogen) atoms. The number of aliphatic hydroxyl groups is 1. The minimum Gasteiger partial charge on any atom is -0.388 e. The summed E-state index contributed by atoms with van der Waals surface area (Å²) in [6.45, 7) is 0. The molecule has 1 N–H and O–H groups in total. The molecule has 0 aliphatic heterocycles. The molecule has 0 saturated carbocycles. The molecule has 0 radical (unpaired) electrons. The third-order valence-corrected chi connectivity index (χ3v) is 1.86. The van der Waals surface area contributed by atoms with Crippen LogP contribution < -0.4 is 0 Å². The molecular formula is C9H10ClFO. The van der Waals surface area contributed by atoms with Crippen LogP contribution >= 0.6 is 11.6 Å². The highest BCUT2D eigenvalue weighted by atomic mass is 35.5. The van der Waals surface area contributed by atoms with Gasteiger partial charge in [-0.2, -0.15) is 0 Å². The van der Waals surface area contributed by atoms with Crippen molar-refractivity contribution in [3.63, 3.8) is 0 Å². The first-order valence-electron chi connectivity index (χ1n) is 3.73. The molecule has 0 bridgehead atoms. The molecule has 0 fully saturated rings. The Hall–Kier alpha value is -0.600. The Labute approximate surface area is 75.8 Å². The quantitative estimate of drug-likeness (QED) is 0.723. The fourth-order valence-electron chi connectivity index (χ4n) is 0.955.